The maximum Gasteiger partial charge on any atom is 0.237 e. The molecule has 10 heteroatoms. The van der Waals surface area contributed by atoms with Crippen LogP contribution in [0.1, 0.15) is 50.8 Å². The second-order valence-corrected chi connectivity index (χ2v) is 11.1. The third kappa shape index (κ3) is 6.13. The van der Waals surface area contributed by atoms with Gasteiger partial charge in [-0.3, -0.25) is 9.78 Å². The quantitative estimate of drug-likeness (QED) is 0.360. The van der Waals surface area contributed by atoms with Gasteiger partial charge >= 0.3 is 0 Å². The highest BCUT2D eigenvalue weighted by molar-refractivity contribution is 6.31. The monoisotopic (exact) mass is 526 g/mol. The standard InChI is InChI=1S/C25H33Cl2FN4O3/c1-24(2,3)11-19-25(29,18-8-7-14(26)12-31-18)20(16-5-4-6-17(27)21(16)28)22(32-19)23(35)30-10-9-15(34)13-33/h4-8,12,15,19-20,22,32-34H,9-11,13,29H2,1-3H3,(H,30,35)/t15-,19-,20-,22+,25+/m0/s1. The van der Waals surface area contributed by atoms with Gasteiger partial charge in [-0.25, -0.2) is 4.39 Å². The van der Waals surface area contributed by atoms with Crippen LogP contribution in [-0.2, 0) is 10.3 Å². The Labute approximate surface area is 215 Å². The minimum absolute atomic E-state index is 0.0709. The molecule has 1 aliphatic heterocycles. The highest BCUT2D eigenvalue weighted by Gasteiger charge is 2.58. The van der Waals surface area contributed by atoms with E-state index >= 15 is 4.39 Å². The molecule has 1 aromatic heterocycles. The number of rotatable bonds is 8. The predicted molar refractivity (Wildman–Crippen MR) is 135 cm³/mol. The van der Waals surface area contributed by atoms with Crippen molar-refractivity contribution in [1.29, 1.82) is 0 Å². The Morgan fingerprint density at radius 2 is 2.03 bits per heavy atom. The number of pyridine rings is 1. The van der Waals surface area contributed by atoms with Crippen LogP contribution in [0.4, 0.5) is 4.39 Å². The first-order valence-electron chi connectivity index (χ1n) is 11.6. The molecule has 1 aliphatic rings. The number of nitrogens with two attached hydrogens (primary N) is 1. The van der Waals surface area contributed by atoms with Crippen molar-refractivity contribution >= 4 is 29.1 Å². The van der Waals surface area contributed by atoms with Crippen molar-refractivity contribution in [2.45, 2.75) is 63.3 Å². The van der Waals surface area contributed by atoms with E-state index in [4.69, 9.17) is 34.0 Å². The van der Waals surface area contributed by atoms with E-state index in [0.29, 0.717) is 17.1 Å². The molecule has 0 spiro atoms. The highest BCUT2D eigenvalue weighted by atomic mass is 35.5. The zero-order valence-electron chi connectivity index (χ0n) is 20.1. The number of hydrogen-bond acceptors (Lipinski definition) is 6. The van der Waals surface area contributed by atoms with Crippen molar-refractivity contribution in [3.8, 4) is 0 Å². The lowest BCUT2D eigenvalue weighted by Crippen LogP contribution is -2.52. The SMILES string of the molecule is CC(C)(C)C[C@@H]1N[C@@H](C(=O)NCC[C@H](O)CO)[C@H](c2cccc(Cl)c2F)[C@@]1(N)c1ccc(Cl)cn1. The van der Waals surface area contributed by atoms with E-state index in [2.05, 4.69) is 36.4 Å². The Hall–Kier alpha value is -1.81. The summed E-state index contributed by atoms with van der Waals surface area (Å²) in [7, 11) is 0. The fourth-order valence-corrected chi connectivity index (χ4v) is 5.03. The van der Waals surface area contributed by atoms with Gasteiger partial charge in [-0.1, -0.05) is 56.1 Å². The summed E-state index contributed by atoms with van der Waals surface area (Å²) < 4.78 is 15.4. The van der Waals surface area contributed by atoms with Crippen LogP contribution in [0.2, 0.25) is 10.0 Å². The summed E-state index contributed by atoms with van der Waals surface area (Å²) in [6.07, 6.45) is 1.27. The molecule has 0 saturated carbocycles. The first-order chi connectivity index (χ1) is 16.4. The molecule has 7 nitrogen and oxygen atoms in total. The minimum atomic E-state index is -1.28. The minimum Gasteiger partial charge on any atom is -0.394 e. The largest absolute Gasteiger partial charge is 0.394 e. The smallest absolute Gasteiger partial charge is 0.237 e. The van der Waals surface area contributed by atoms with E-state index in [0.717, 1.165) is 0 Å². The predicted octanol–water partition coefficient (Wildman–Crippen LogP) is 3.10. The highest BCUT2D eigenvalue weighted by Crippen LogP contribution is 2.48. The third-order valence-electron chi connectivity index (χ3n) is 6.38. The van der Waals surface area contributed by atoms with E-state index in [1.54, 1.807) is 24.3 Å². The van der Waals surface area contributed by atoms with Gasteiger partial charge in [0.2, 0.25) is 5.91 Å². The Bertz CT molecular complexity index is 1030. The normalized spacial score (nSPS) is 25.5. The summed E-state index contributed by atoms with van der Waals surface area (Å²) in [6, 6.07) is 6.66. The van der Waals surface area contributed by atoms with Crippen LogP contribution in [0, 0.1) is 11.2 Å². The van der Waals surface area contributed by atoms with E-state index in [1.807, 2.05) is 0 Å². The van der Waals surface area contributed by atoms with Crippen LogP contribution >= 0.6 is 23.2 Å². The average Bonchev–Trinajstić information content (AvgIpc) is 3.07. The zero-order chi connectivity index (χ0) is 26.0. The Kier molecular flexibility index (Phi) is 8.78. The number of hydrogen-bond donors (Lipinski definition) is 5. The summed E-state index contributed by atoms with van der Waals surface area (Å²) in [5.74, 6) is -1.90. The molecule has 1 aromatic carbocycles. The van der Waals surface area contributed by atoms with Gasteiger partial charge < -0.3 is 26.6 Å². The van der Waals surface area contributed by atoms with Crippen molar-refractivity contribution in [2.24, 2.45) is 11.1 Å². The van der Waals surface area contributed by atoms with Crippen LogP contribution in [0.15, 0.2) is 36.5 Å². The summed E-state index contributed by atoms with van der Waals surface area (Å²) in [5, 5.41) is 25.2. The Balaban J connectivity index is 2.12. The number of nitrogens with one attached hydrogen (secondary N) is 2. The lowest BCUT2D eigenvalue weighted by Gasteiger charge is -2.38. The number of nitrogens with zero attached hydrogens (tertiary/aromatic N) is 1. The molecule has 2 heterocycles. The lowest BCUT2D eigenvalue weighted by atomic mass is 9.70. The number of aromatic nitrogens is 1. The van der Waals surface area contributed by atoms with Crippen molar-refractivity contribution in [3.05, 3.63) is 63.6 Å². The van der Waals surface area contributed by atoms with Gasteiger partial charge in [-0.05, 0) is 42.0 Å². The van der Waals surface area contributed by atoms with Gasteiger partial charge in [-0.15, -0.1) is 0 Å². The van der Waals surface area contributed by atoms with Crippen molar-refractivity contribution in [3.63, 3.8) is 0 Å². The molecular weight excluding hydrogens is 494 g/mol. The number of aliphatic hydroxyl groups is 2. The molecule has 5 atom stereocenters. The van der Waals surface area contributed by atoms with Crippen molar-refractivity contribution in [2.75, 3.05) is 13.2 Å². The molecule has 192 valence electrons. The van der Waals surface area contributed by atoms with Gasteiger partial charge in [0.15, 0.2) is 0 Å². The summed E-state index contributed by atoms with van der Waals surface area (Å²) in [4.78, 5) is 17.9. The average molecular weight is 527 g/mol. The molecule has 1 saturated heterocycles. The maximum absolute atomic E-state index is 15.4. The second-order valence-electron chi connectivity index (χ2n) is 10.3. The van der Waals surface area contributed by atoms with Gasteiger partial charge in [0, 0.05) is 24.7 Å². The van der Waals surface area contributed by atoms with Crippen LogP contribution in [0.3, 0.4) is 0 Å². The fourth-order valence-electron chi connectivity index (χ4n) is 4.74. The third-order valence-corrected chi connectivity index (χ3v) is 6.89. The number of aliphatic hydroxyl groups excluding tert-OH is 2. The lowest BCUT2D eigenvalue weighted by molar-refractivity contribution is -0.123. The molecule has 1 amide bonds. The first kappa shape index (κ1) is 27.8. The van der Waals surface area contributed by atoms with Crippen LogP contribution < -0.4 is 16.4 Å². The summed E-state index contributed by atoms with van der Waals surface area (Å²) in [6.45, 7) is 5.90. The topological polar surface area (TPSA) is 120 Å². The number of benzene rings is 1. The Morgan fingerprint density at radius 1 is 1.31 bits per heavy atom. The van der Waals surface area contributed by atoms with Crippen LogP contribution in [-0.4, -0.2) is 52.4 Å². The zero-order valence-corrected chi connectivity index (χ0v) is 21.6. The van der Waals surface area contributed by atoms with E-state index in [-0.39, 0.29) is 29.0 Å². The number of carbonyl (C=O) groups excluding carboxylic acids is 1. The van der Waals surface area contributed by atoms with Crippen LogP contribution in [0.5, 0.6) is 0 Å². The molecule has 0 bridgehead atoms. The molecule has 6 N–H and O–H groups in total. The number of amides is 1. The van der Waals surface area contributed by atoms with E-state index in [9.17, 15) is 9.90 Å². The molecule has 0 unspecified atom stereocenters. The molecule has 1 fully saturated rings. The van der Waals surface area contributed by atoms with Gasteiger partial charge in [0.1, 0.15) is 5.82 Å². The van der Waals surface area contributed by atoms with E-state index in [1.165, 1.54) is 12.3 Å². The fraction of sp³-hybridized carbons (Fsp3) is 0.520. The van der Waals surface area contributed by atoms with E-state index < -0.39 is 48.0 Å². The maximum atomic E-state index is 15.4. The number of halogens is 3. The van der Waals surface area contributed by atoms with Gasteiger partial charge in [0.05, 0.1) is 40.0 Å². The van der Waals surface area contributed by atoms with Crippen molar-refractivity contribution < 1.29 is 19.4 Å². The summed E-state index contributed by atoms with van der Waals surface area (Å²) >= 11 is 12.2. The van der Waals surface area contributed by atoms with Gasteiger partial charge in [0.25, 0.3) is 0 Å². The molecule has 3 rings (SSSR count). The van der Waals surface area contributed by atoms with Crippen LogP contribution in [0.25, 0.3) is 0 Å². The molecule has 0 radical (unpaired) electrons. The number of carbonyl (C=O) groups is 1. The first-order valence-corrected chi connectivity index (χ1v) is 12.3. The molecule has 35 heavy (non-hydrogen) atoms. The molecule has 2 aromatic rings. The van der Waals surface area contributed by atoms with Crippen molar-refractivity contribution in [1.82, 2.24) is 15.6 Å². The Morgan fingerprint density at radius 3 is 2.63 bits per heavy atom. The summed E-state index contributed by atoms with van der Waals surface area (Å²) in [5.41, 5.74) is 6.39. The second kappa shape index (κ2) is 11.1. The van der Waals surface area contributed by atoms with Gasteiger partial charge in [-0.2, -0.15) is 0 Å². The molecular formula is C25H33Cl2FN4O3. The molecule has 0 aliphatic carbocycles.